The maximum Gasteiger partial charge on any atom is 0.229 e. The first-order chi connectivity index (χ1) is 8.37. The number of rotatable bonds is 1. The molecular formula is C14H19ClN2O. The molecule has 1 atom stereocenters. The third-order valence-electron chi connectivity index (χ3n) is 3.03. The van der Waals surface area contributed by atoms with Gasteiger partial charge in [-0.05, 0) is 24.0 Å². The van der Waals surface area contributed by atoms with Crippen molar-refractivity contribution in [3.8, 4) is 0 Å². The lowest BCUT2D eigenvalue weighted by molar-refractivity contribution is -0.120. The minimum Gasteiger partial charge on any atom is -0.381 e. The number of benzene rings is 1. The topological polar surface area (TPSA) is 41.1 Å². The summed E-state index contributed by atoms with van der Waals surface area (Å²) in [5.41, 5.74) is 1.72. The van der Waals surface area contributed by atoms with Crippen molar-refractivity contribution in [2.24, 2.45) is 11.3 Å². The first kappa shape index (κ1) is 13.2. The van der Waals surface area contributed by atoms with Crippen molar-refractivity contribution in [2.75, 3.05) is 17.2 Å². The van der Waals surface area contributed by atoms with Crippen LogP contribution >= 0.6 is 11.6 Å². The molecule has 2 rings (SSSR count). The Labute approximate surface area is 113 Å². The quantitative estimate of drug-likeness (QED) is 0.813. The lowest BCUT2D eigenvalue weighted by Gasteiger charge is -2.23. The van der Waals surface area contributed by atoms with E-state index in [1.807, 2.05) is 18.2 Å². The Morgan fingerprint density at radius 3 is 2.78 bits per heavy atom. The number of amides is 1. The van der Waals surface area contributed by atoms with Gasteiger partial charge in [0.15, 0.2) is 0 Å². The predicted molar refractivity (Wildman–Crippen MR) is 76.1 cm³/mol. The lowest BCUT2D eigenvalue weighted by Crippen LogP contribution is -2.29. The van der Waals surface area contributed by atoms with E-state index in [4.69, 9.17) is 11.6 Å². The number of para-hydroxylation sites is 1. The van der Waals surface area contributed by atoms with Gasteiger partial charge < -0.3 is 10.6 Å². The van der Waals surface area contributed by atoms with Gasteiger partial charge >= 0.3 is 0 Å². The number of hydrogen-bond acceptors (Lipinski definition) is 2. The van der Waals surface area contributed by atoms with Crippen LogP contribution in [0.4, 0.5) is 11.4 Å². The maximum absolute atomic E-state index is 12.2. The van der Waals surface area contributed by atoms with Gasteiger partial charge in [-0.15, -0.1) is 0 Å². The third-order valence-corrected chi connectivity index (χ3v) is 3.34. The zero-order valence-electron chi connectivity index (χ0n) is 11.0. The van der Waals surface area contributed by atoms with Crippen LogP contribution in [0.15, 0.2) is 18.2 Å². The molecule has 0 spiro atoms. The summed E-state index contributed by atoms with van der Waals surface area (Å²) in [7, 11) is 0. The Bertz CT molecular complexity index is 465. The molecule has 1 aromatic carbocycles. The maximum atomic E-state index is 12.2. The van der Waals surface area contributed by atoms with E-state index in [-0.39, 0.29) is 17.2 Å². The summed E-state index contributed by atoms with van der Waals surface area (Å²) >= 11 is 6.13. The normalized spacial score (nSPS) is 19.6. The second-order valence-corrected chi connectivity index (χ2v) is 6.40. The van der Waals surface area contributed by atoms with Crippen LogP contribution in [0.3, 0.4) is 0 Å². The summed E-state index contributed by atoms with van der Waals surface area (Å²) < 4.78 is 0. The summed E-state index contributed by atoms with van der Waals surface area (Å²) in [5, 5.41) is 6.87. The summed E-state index contributed by atoms with van der Waals surface area (Å²) in [4.78, 5) is 12.2. The Balaban J connectivity index is 2.22. The zero-order valence-corrected chi connectivity index (χ0v) is 11.8. The van der Waals surface area contributed by atoms with Crippen molar-refractivity contribution < 1.29 is 4.79 Å². The molecule has 0 bridgehead atoms. The molecule has 0 radical (unpaired) electrons. The van der Waals surface area contributed by atoms with Gasteiger partial charge in [0.1, 0.15) is 0 Å². The Morgan fingerprint density at radius 1 is 1.39 bits per heavy atom. The van der Waals surface area contributed by atoms with Crippen molar-refractivity contribution >= 4 is 28.9 Å². The van der Waals surface area contributed by atoms with E-state index in [0.29, 0.717) is 11.6 Å². The number of carbonyl (C=O) groups excluding carboxylic acids is 1. The largest absolute Gasteiger partial charge is 0.381 e. The summed E-state index contributed by atoms with van der Waals surface area (Å²) in [5.74, 6) is 0.0342. The molecule has 1 amide bonds. The molecule has 0 saturated carbocycles. The smallest absolute Gasteiger partial charge is 0.229 e. The van der Waals surface area contributed by atoms with Crippen LogP contribution in [0.25, 0.3) is 0 Å². The fourth-order valence-corrected chi connectivity index (χ4v) is 2.51. The lowest BCUT2D eigenvalue weighted by atomic mass is 9.84. The fourth-order valence-electron chi connectivity index (χ4n) is 2.26. The predicted octanol–water partition coefficient (Wildman–Crippen LogP) is 3.76. The van der Waals surface area contributed by atoms with Crippen LogP contribution in [-0.2, 0) is 4.79 Å². The van der Waals surface area contributed by atoms with E-state index in [2.05, 4.69) is 31.4 Å². The van der Waals surface area contributed by atoms with E-state index in [1.165, 1.54) is 0 Å². The number of nitrogens with one attached hydrogen (secondary N) is 2. The van der Waals surface area contributed by atoms with Crippen molar-refractivity contribution in [1.82, 2.24) is 0 Å². The number of anilines is 2. The van der Waals surface area contributed by atoms with Crippen LogP contribution in [-0.4, -0.2) is 12.5 Å². The molecule has 1 aliphatic heterocycles. The van der Waals surface area contributed by atoms with Crippen molar-refractivity contribution in [3.63, 3.8) is 0 Å². The van der Waals surface area contributed by atoms with Crippen LogP contribution in [0.1, 0.15) is 27.2 Å². The molecule has 0 saturated heterocycles. The monoisotopic (exact) mass is 266 g/mol. The zero-order chi connectivity index (χ0) is 13.3. The SMILES string of the molecule is CC(C)(C)CC1CNc2c(Cl)cccc2NC1=O. The molecule has 1 heterocycles. The molecule has 1 aromatic rings. The fraction of sp³-hybridized carbons (Fsp3) is 0.500. The highest BCUT2D eigenvalue weighted by Gasteiger charge is 2.28. The summed E-state index contributed by atoms with van der Waals surface area (Å²) in [6.45, 7) is 7.06. The number of halogens is 1. The van der Waals surface area contributed by atoms with E-state index in [0.717, 1.165) is 17.8 Å². The Kier molecular flexibility index (Phi) is 3.53. The average Bonchev–Trinajstić information content (AvgIpc) is 2.38. The minimum absolute atomic E-state index is 0.0338. The summed E-state index contributed by atoms with van der Waals surface area (Å²) in [6.07, 6.45) is 0.845. The van der Waals surface area contributed by atoms with E-state index >= 15 is 0 Å². The molecular weight excluding hydrogens is 248 g/mol. The van der Waals surface area contributed by atoms with Crippen molar-refractivity contribution in [1.29, 1.82) is 0 Å². The van der Waals surface area contributed by atoms with E-state index in [9.17, 15) is 4.79 Å². The average molecular weight is 267 g/mol. The Hall–Kier alpha value is -1.22. The second-order valence-electron chi connectivity index (χ2n) is 5.99. The van der Waals surface area contributed by atoms with Crippen LogP contribution in [0, 0.1) is 11.3 Å². The van der Waals surface area contributed by atoms with Crippen LogP contribution < -0.4 is 10.6 Å². The molecule has 1 unspecified atom stereocenters. The minimum atomic E-state index is -0.0338. The van der Waals surface area contributed by atoms with Crippen LogP contribution in [0.5, 0.6) is 0 Å². The number of hydrogen-bond donors (Lipinski definition) is 2. The van der Waals surface area contributed by atoms with Gasteiger partial charge in [-0.3, -0.25) is 4.79 Å². The van der Waals surface area contributed by atoms with E-state index in [1.54, 1.807) is 0 Å². The van der Waals surface area contributed by atoms with Gasteiger partial charge in [0.2, 0.25) is 5.91 Å². The highest BCUT2D eigenvalue weighted by Crippen LogP contribution is 2.34. The highest BCUT2D eigenvalue weighted by molar-refractivity contribution is 6.34. The first-order valence-electron chi connectivity index (χ1n) is 6.20. The molecule has 0 aromatic heterocycles. The molecule has 0 aliphatic carbocycles. The molecule has 4 heteroatoms. The second kappa shape index (κ2) is 4.81. The molecule has 2 N–H and O–H groups in total. The van der Waals surface area contributed by atoms with Gasteiger partial charge in [0.05, 0.1) is 22.3 Å². The van der Waals surface area contributed by atoms with Gasteiger partial charge in [0.25, 0.3) is 0 Å². The highest BCUT2D eigenvalue weighted by atomic mass is 35.5. The van der Waals surface area contributed by atoms with Gasteiger partial charge in [0, 0.05) is 6.54 Å². The van der Waals surface area contributed by atoms with Crippen LogP contribution in [0.2, 0.25) is 5.02 Å². The molecule has 0 fully saturated rings. The molecule has 98 valence electrons. The van der Waals surface area contributed by atoms with Gasteiger partial charge in [-0.2, -0.15) is 0 Å². The molecule has 3 nitrogen and oxygen atoms in total. The van der Waals surface area contributed by atoms with E-state index < -0.39 is 0 Å². The Morgan fingerprint density at radius 2 is 2.11 bits per heavy atom. The molecule has 18 heavy (non-hydrogen) atoms. The van der Waals surface area contributed by atoms with Gasteiger partial charge in [-0.25, -0.2) is 0 Å². The standard InChI is InChI=1S/C14H19ClN2O/c1-14(2,3)7-9-8-16-12-10(15)5-4-6-11(12)17-13(9)18/h4-6,9,16H,7-8H2,1-3H3,(H,17,18). The van der Waals surface area contributed by atoms with Crippen molar-refractivity contribution in [2.45, 2.75) is 27.2 Å². The molecule has 1 aliphatic rings. The third kappa shape index (κ3) is 2.96. The van der Waals surface area contributed by atoms with Crippen molar-refractivity contribution in [3.05, 3.63) is 23.2 Å². The summed E-state index contributed by atoms with van der Waals surface area (Å²) in [6, 6.07) is 5.53. The van der Waals surface area contributed by atoms with Gasteiger partial charge in [-0.1, -0.05) is 38.4 Å². The number of carbonyl (C=O) groups is 1. The number of fused-ring (bicyclic) bond motifs is 1. The first-order valence-corrected chi connectivity index (χ1v) is 6.58.